The number of nitrogens with zero attached hydrogens (tertiary/aromatic N) is 2. The number of aryl methyl sites for hydroxylation is 1. The quantitative estimate of drug-likeness (QED) is 0.818. The van der Waals surface area contributed by atoms with Crippen LogP contribution in [0.3, 0.4) is 0 Å². The number of ether oxygens (including phenoxy) is 1. The second-order valence-electron chi connectivity index (χ2n) is 6.14. The molecule has 1 heterocycles. The molecule has 2 aromatic rings. The predicted molar refractivity (Wildman–Crippen MR) is 93.8 cm³/mol. The minimum absolute atomic E-state index is 0.0896. The molecular formula is C18H26N4O2. The van der Waals surface area contributed by atoms with Crippen LogP contribution >= 0.6 is 0 Å². The Hall–Kier alpha value is -2.34. The molecular weight excluding hydrogens is 304 g/mol. The van der Waals surface area contributed by atoms with Crippen molar-refractivity contribution in [1.82, 2.24) is 20.4 Å². The van der Waals surface area contributed by atoms with E-state index in [4.69, 9.17) is 4.74 Å². The smallest absolute Gasteiger partial charge is 0.242 e. The average molecular weight is 330 g/mol. The molecule has 0 radical (unpaired) electrons. The zero-order valence-corrected chi connectivity index (χ0v) is 14.9. The number of aromatic nitrogens is 2. The van der Waals surface area contributed by atoms with Crippen LogP contribution in [0.5, 0.6) is 5.75 Å². The second-order valence-corrected chi connectivity index (χ2v) is 6.14. The van der Waals surface area contributed by atoms with Gasteiger partial charge < -0.3 is 15.4 Å². The molecule has 0 saturated heterocycles. The minimum atomic E-state index is -0.434. The molecule has 6 heteroatoms. The Morgan fingerprint density at radius 3 is 2.58 bits per heavy atom. The third-order valence-electron chi connectivity index (χ3n) is 3.70. The lowest BCUT2D eigenvalue weighted by atomic mass is 10.1. The molecule has 0 bridgehead atoms. The molecule has 2 unspecified atom stereocenters. The topological polar surface area (TPSA) is 68.2 Å². The molecule has 2 N–H and O–H groups in total. The molecule has 0 aliphatic carbocycles. The maximum atomic E-state index is 12.6. The van der Waals surface area contributed by atoms with Gasteiger partial charge in [-0.2, -0.15) is 5.10 Å². The fraction of sp³-hybridized carbons (Fsp3) is 0.444. The molecule has 1 aromatic carbocycles. The van der Waals surface area contributed by atoms with Gasteiger partial charge in [-0.3, -0.25) is 9.48 Å². The first kappa shape index (κ1) is 18.0. The van der Waals surface area contributed by atoms with E-state index in [-0.39, 0.29) is 18.1 Å². The van der Waals surface area contributed by atoms with Gasteiger partial charge in [-0.15, -0.1) is 0 Å². The van der Waals surface area contributed by atoms with Crippen molar-refractivity contribution in [1.29, 1.82) is 0 Å². The zero-order valence-electron chi connectivity index (χ0n) is 14.9. The number of carbonyl (C=O) groups is 1. The fourth-order valence-electron chi connectivity index (χ4n) is 2.55. The van der Waals surface area contributed by atoms with Crippen LogP contribution in [0.1, 0.15) is 44.0 Å². The standard InChI is InChI=1S/C18H26N4O2/c1-12(2)24-16-8-6-7-14(9-16)13(3)21-18(23)17(19-4)15-10-20-22(5)11-15/h6-13,17,19H,1-5H3,(H,21,23). The van der Waals surface area contributed by atoms with E-state index in [2.05, 4.69) is 15.7 Å². The largest absolute Gasteiger partial charge is 0.491 e. The van der Waals surface area contributed by atoms with Gasteiger partial charge in [0.05, 0.1) is 18.3 Å². The minimum Gasteiger partial charge on any atom is -0.491 e. The fourth-order valence-corrected chi connectivity index (χ4v) is 2.55. The van der Waals surface area contributed by atoms with Gasteiger partial charge in [0.15, 0.2) is 0 Å². The molecule has 0 fully saturated rings. The summed E-state index contributed by atoms with van der Waals surface area (Å²) in [6.45, 7) is 5.94. The number of hydrogen-bond acceptors (Lipinski definition) is 4. The molecule has 0 saturated carbocycles. The Bertz CT molecular complexity index is 681. The van der Waals surface area contributed by atoms with E-state index in [0.717, 1.165) is 16.9 Å². The zero-order chi connectivity index (χ0) is 17.7. The molecule has 0 aliphatic rings. The van der Waals surface area contributed by atoms with Crippen LogP contribution in [0, 0.1) is 0 Å². The maximum Gasteiger partial charge on any atom is 0.242 e. The number of benzene rings is 1. The van der Waals surface area contributed by atoms with E-state index in [1.54, 1.807) is 17.9 Å². The van der Waals surface area contributed by atoms with Gasteiger partial charge >= 0.3 is 0 Å². The van der Waals surface area contributed by atoms with Gasteiger partial charge in [0.1, 0.15) is 11.8 Å². The summed E-state index contributed by atoms with van der Waals surface area (Å²) < 4.78 is 7.40. The molecule has 24 heavy (non-hydrogen) atoms. The molecule has 0 aliphatic heterocycles. The summed E-state index contributed by atoms with van der Waals surface area (Å²) in [7, 11) is 3.59. The SMILES string of the molecule is CNC(C(=O)NC(C)c1cccc(OC(C)C)c1)c1cnn(C)c1. The van der Waals surface area contributed by atoms with E-state index in [0.29, 0.717) is 0 Å². The van der Waals surface area contributed by atoms with E-state index in [9.17, 15) is 4.79 Å². The lowest BCUT2D eigenvalue weighted by Gasteiger charge is -2.20. The van der Waals surface area contributed by atoms with Crippen LogP contribution in [-0.2, 0) is 11.8 Å². The van der Waals surface area contributed by atoms with Crippen molar-refractivity contribution in [3.05, 3.63) is 47.8 Å². The summed E-state index contributed by atoms with van der Waals surface area (Å²) >= 11 is 0. The Labute approximate surface area is 143 Å². The van der Waals surface area contributed by atoms with Gasteiger partial charge in [0.25, 0.3) is 0 Å². The number of hydrogen-bond donors (Lipinski definition) is 2. The maximum absolute atomic E-state index is 12.6. The molecule has 1 aromatic heterocycles. The summed E-state index contributed by atoms with van der Waals surface area (Å²) in [4.78, 5) is 12.6. The highest BCUT2D eigenvalue weighted by Gasteiger charge is 2.22. The van der Waals surface area contributed by atoms with Gasteiger partial charge in [0, 0.05) is 18.8 Å². The molecule has 6 nitrogen and oxygen atoms in total. The number of likely N-dealkylation sites (N-methyl/N-ethyl adjacent to an activating group) is 1. The lowest BCUT2D eigenvalue weighted by Crippen LogP contribution is -2.37. The van der Waals surface area contributed by atoms with Crippen molar-refractivity contribution in [2.45, 2.75) is 39.0 Å². The van der Waals surface area contributed by atoms with Crippen molar-refractivity contribution in [3.63, 3.8) is 0 Å². The third-order valence-corrected chi connectivity index (χ3v) is 3.70. The highest BCUT2D eigenvalue weighted by Crippen LogP contribution is 2.21. The van der Waals surface area contributed by atoms with Crippen molar-refractivity contribution in [2.75, 3.05) is 7.05 Å². The summed E-state index contributed by atoms with van der Waals surface area (Å²) in [5, 5.41) is 10.2. The normalized spacial score (nSPS) is 13.6. The molecule has 1 amide bonds. The third kappa shape index (κ3) is 4.58. The van der Waals surface area contributed by atoms with Gasteiger partial charge in [-0.25, -0.2) is 0 Å². The van der Waals surface area contributed by atoms with Crippen LogP contribution in [-0.4, -0.2) is 28.8 Å². The summed E-state index contributed by atoms with van der Waals surface area (Å²) in [6.07, 6.45) is 3.65. The molecule has 0 spiro atoms. The summed E-state index contributed by atoms with van der Waals surface area (Å²) in [5.41, 5.74) is 1.84. The molecule has 2 atom stereocenters. The van der Waals surface area contributed by atoms with Crippen LogP contribution < -0.4 is 15.4 Å². The Morgan fingerprint density at radius 1 is 1.25 bits per heavy atom. The van der Waals surface area contributed by atoms with Gasteiger partial charge in [0.2, 0.25) is 5.91 Å². The second kappa shape index (κ2) is 7.97. The predicted octanol–water partition coefficient (Wildman–Crippen LogP) is 2.35. The van der Waals surface area contributed by atoms with E-state index in [1.165, 1.54) is 0 Å². The van der Waals surface area contributed by atoms with Crippen LogP contribution in [0.25, 0.3) is 0 Å². The first-order chi connectivity index (χ1) is 11.4. The van der Waals surface area contributed by atoms with Crippen molar-refractivity contribution in [3.8, 4) is 5.75 Å². The summed E-state index contributed by atoms with van der Waals surface area (Å²) in [6, 6.07) is 7.24. The number of rotatable bonds is 7. The lowest BCUT2D eigenvalue weighted by molar-refractivity contribution is -0.123. The van der Waals surface area contributed by atoms with Crippen molar-refractivity contribution in [2.24, 2.45) is 7.05 Å². The Balaban J connectivity index is 2.07. The Kier molecular flexibility index (Phi) is 5.98. The highest BCUT2D eigenvalue weighted by atomic mass is 16.5. The first-order valence-corrected chi connectivity index (χ1v) is 8.13. The number of nitrogens with one attached hydrogen (secondary N) is 2. The molecule has 2 rings (SSSR count). The number of carbonyl (C=O) groups excluding carboxylic acids is 1. The average Bonchev–Trinajstić information content (AvgIpc) is 2.93. The van der Waals surface area contributed by atoms with Crippen molar-refractivity contribution < 1.29 is 9.53 Å². The van der Waals surface area contributed by atoms with Crippen molar-refractivity contribution >= 4 is 5.91 Å². The van der Waals surface area contributed by atoms with Crippen LogP contribution in [0.15, 0.2) is 36.7 Å². The van der Waals surface area contributed by atoms with Crippen LogP contribution in [0.2, 0.25) is 0 Å². The first-order valence-electron chi connectivity index (χ1n) is 8.13. The molecule has 130 valence electrons. The van der Waals surface area contributed by atoms with E-state index < -0.39 is 6.04 Å². The highest BCUT2D eigenvalue weighted by molar-refractivity contribution is 5.83. The summed E-state index contributed by atoms with van der Waals surface area (Å²) in [5.74, 6) is 0.717. The van der Waals surface area contributed by atoms with E-state index in [1.807, 2.05) is 58.3 Å². The van der Waals surface area contributed by atoms with Gasteiger partial charge in [-0.05, 0) is 45.5 Å². The van der Waals surface area contributed by atoms with E-state index >= 15 is 0 Å². The number of amides is 1. The monoisotopic (exact) mass is 330 g/mol. The van der Waals surface area contributed by atoms with Gasteiger partial charge in [-0.1, -0.05) is 12.1 Å². The van der Waals surface area contributed by atoms with Crippen LogP contribution in [0.4, 0.5) is 0 Å². The Morgan fingerprint density at radius 2 is 2.00 bits per heavy atom.